The summed E-state index contributed by atoms with van der Waals surface area (Å²) < 4.78 is 11.0. The van der Waals surface area contributed by atoms with Crippen molar-refractivity contribution in [1.82, 2.24) is 20.2 Å². The van der Waals surface area contributed by atoms with Crippen molar-refractivity contribution in [3.8, 4) is 0 Å². The van der Waals surface area contributed by atoms with Gasteiger partial charge in [-0.3, -0.25) is 4.79 Å². The van der Waals surface area contributed by atoms with Crippen LogP contribution in [0.15, 0.2) is 6.33 Å². The van der Waals surface area contributed by atoms with E-state index in [9.17, 15) is 4.79 Å². The Morgan fingerprint density at radius 1 is 1.36 bits per heavy atom. The molecule has 0 spiro atoms. The zero-order chi connectivity index (χ0) is 17.8. The lowest BCUT2D eigenvalue weighted by molar-refractivity contribution is -0.0533. The topological polar surface area (TPSA) is 76.6 Å². The first-order valence-electron chi connectivity index (χ1n) is 8.73. The number of carbonyl (C=O) groups excluding carboxylic acids is 1. The molecular weight excluding hydrogens is 344 g/mol. The number of methoxy groups -OCH3 is 1. The summed E-state index contributed by atoms with van der Waals surface area (Å²) in [6.07, 6.45) is 4.22. The van der Waals surface area contributed by atoms with Gasteiger partial charge in [0.05, 0.1) is 12.7 Å². The molecular formula is C17H25ClN4O3. The Balaban J connectivity index is 1.54. The molecule has 0 saturated carbocycles. The van der Waals surface area contributed by atoms with Gasteiger partial charge >= 0.3 is 0 Å². The molecule has 2 saturated heterocycles. The molecule has 3 heterocycles. The molecule has 2 fully saturated rings. The molecule has 0 unspecified atom stereocenters. The number of hydrogen-bond donors (Lipinski definition) is 1. The fourth-order valence-corrected chi connectivity index (χ4v) is 3.61. The van der Waals surface area contributed by atoms with Crippen LogP contribution in [-0.4, -0.2) is 72.4 Å². The normalized spacial score (nSPS) is 25.2. The molecule has 3 rings (SSSR count). The molecule has 138 valence electrons. The van der Waals surface area contributed by atoms with Gasteiger partial charge in [-0.25, -0.2) is 9.97 Å². The van der Waals surface area contributed by atoms with Crippen LogP contribution in [0.2, 0.25) is 5.15 Å². The maximum Gasteiger partial charge on any atom is 0.272 e. The molecule has 1 N–H and O–H groups in total. The fourth-order valence-electron chi connectivity index (χ4n) is 3.48. The minimum atomic E-state index is -0.0684. The van der Waals surface area contributed by atoms with Crippen LogP contribution >= 0.6 is 11.6 Å². The van der Waals surface area contributed by atoms with Crippen molar-refractivity contribution >= 4 is 17.5 Å². The predicted molar refractivity (Wildman–Crippen MR) is 93.9 cm³/mol. The molecule has 0 radical (unpaired) electrons. The van der Waals surface area contributed by atoms with Crippen molar-refractivity contribution in [1.29, 1.82) is 0 Å². The number of amides is 1. The van der Waals surface area contributed by atoms with E-state index in [0.717, 1.165) is 25.9 Å². The quantitative estimate of drug-likeness (QED) is 0.810. The second-order valence-electron chi connectivity index (χ2n) is 6.62. The standard InChI is InChI=1S/C17H25ClN4O3/c1-11-15(19-10-20-16(11)18)17(23)22-6-3-12(4-7-22)21-13-5-8-25-9-14(13)24-2/h10,12-14,21H,3-9H2,1-2H3/t13-,14+/m1/s1. The van der Waals surface area contributed by atoms with Crippen LogP contribution in [0, 0.1) is 6.92 Å². The SMILES string of the molecule is CO[C@H]1COCC[C@H]1NC1CCN(C(=O)c2ncnc(Cl)c2C)CC1. The summed E-state index contributed by atoms with van der Waals surface area (Å²) in [5.74, 6) is -0.0684. The van der Waals surface area contributed by atoms with Gasteiger partial charge in [-0.1, -0.05) is 11.6 Å². The highest BCUT2D eigenvalue weighted by atomic mass is 35.5. The molecule has 1 aromatic heterocycles. The maximum absolute atomic E-state index is 12.7. The van der Waals surface area contributed by atoms with E-state index in [-0.39, 0.29) is 12.0 Å². The van der Waals surface area contributed by atoms with Gasteiger partial charge in [0.25, 0.3) is 5.91 Å². The molecule has 1 aromatic rings. The lowest BCUT2D eigenvalue weighted by Gasteiger charge is -2.38. The molecule has 1 amide bonds. The summed E-state index contributed by atoms with van der Waals surface area (Å²) in [4.78, 5) is 22.6. The van der Waals surface area contributed by atoms with Crippen LogP contribution in [0.1, 0.15) is 35.3 Å². The molecule has 2 aliphatic heterocycles. The summed E-state index contributed by atoms with van der Waals surface area (Å²) in [5, 5.41) is 4.02. The molecule has 2 atom stereocenters. The number of piperidine rings is 1. The highest BCUT2D eigenvalue weighted by Crippen LogP contribution is 2.20. The number of rotatable bonds is 4. The zero-order valence-corrected chi connectivity index (χ0v) is 15.5. The third-order valence-electron chi connectivity index (χ3n) is 5.06. The summed E-state index contributed by atoms with van der Waals surface area (Å²) in [5.41, 5.74) is 1.04. The van der Waals surface area contributed by atoms with Crippen molar-refractivity contribution in [3.05, 3.63) is 22.7 Å². The number of nitrogens with one attached hydrogen (secondary N) is 1. The first kappa shape index (κ1) is 18.5. The van der Waals surface area contributed by atoms with Crippen molar-refractivity contribution < 1.29 is 14.3 Å². The van der Waals surface area contributed by atoms with Crippen LogP contribution in [0.25, 0.3) is 0 Å². The van der Waals surface area contributed by atoms with E-state index < -0.39 is 0 Å². The van der Waals surface area contributed by atoms with E-state index in [2.05, 4.69) is 15.3 Å². The average Bonchev–Trinajstić information content (AvgIpc) is 2.64. The lowest BCUT2D eigenvalue weighted by atomic mass is 9.99. The van der Waals surface area contributed by atoms with E-state index in [1.54, 1.807) is 14.0 Å². The number of carbonyl (C=O) groups is 1. The van der Waals surface area contributed by atoms with Gasteiger partial charge < -0.3 is 19.7 Å². The lowest BCUT2D eigenvalue weighted by Crippen LogP contribution is -2.54. The van der Waals surface area contributed by atoms with Crippen molar-refractivity contribution in [2.45, 2.75) is 44.4 Å². The second-order valence-corrected chi connectivity index (χ2v) is 6.97. The van der Waals surface area contributed by atoms with E-state index in [1.165, 1.54) is 6.33 Å². The van der Waals surface area contributed by atoms with Crippen molar-refractivity contribution in [3.63, 3.8) is 0 Å². The summed E-state index contributed by atoms with van der Waals surface area (Å²) in [6.45, 7) is 4.60. The molecule has 0 bridgehead atoms. The minimum Gasteiger partial charge on any atom is -0.379 e. The molecule has 2 aliphatic rings. The number of halogens is 1. The predicted octanol–water partition coefficient (Wildman–Crippen LogP) is 1.44. The number of likely N-dealkylation sites (tertiary alicyclic amines) is 1. The van der Waals surface area contributed by atoms with Crippen LogP contribution in [-0.2, 0) is 9.47 Å². The Hall–Kier alpha value is -1.28. The summed E-state index contributed by atoms with van der Waals surface area (Å²) in [7, 11) is 1.73. The van der Waals surface area contributed by atoms with Crippen LogP contribution in [0.5, 0.6) is 0 Å². The van der Waals surface area contributed by atoms with E-state index in [0.29, 0.717) is 48.2 Å². The van der Waals surface area contributed by atoms with Gasteiger partial charge in [0.2, 0.25) is 0 Å². The molecule has 7 nitrogen and oxygen atoms in total. The molecule has 25 heavy (non-hydrogen) atoms. The molecule has 8 heteroatoms. The average molecular weight is 369 g/mol. The molecule has 0 aromatic carbocycles. The smallest absolute Gasteiger partial charge is 0.272 e. The highest BCUT2D eigenvalue weighted by Gasteiger charge is 2.31. The van der Waals surface area contributed by atoms with Gasteiger partial charge in [-0.2, -0.15) is 0 Å². The highest BCUT2D eigenvalue weighted by molar-refractivity contribution is 6.30. The Morgan fingerprint density at radius 2 is 2.12 bits per heavy atom. The summed E-state index contributed by atoms with van der Waals surface area (Å²) in [6, 6.07) is 0.703. The van der Waals surface area contributed by atoms with E-state index >= 15 is 0 Å². The van der Waals surface area contributed by atoms with E-state index in [1.807, 2.05) is 4.90 Å². The van der Waals surface area contributed by atoms with Crippen LogP contribution in [0.3, 0.4) is 0 Å². The number of hydrogen-bond acceptors (Lipinski definition) is 6. The molecule has 0 aliphatic carbocycles. The van der Waals surface area contributed by atoms with Crippen LogP contribution in [0.4, 0.5) is 0 Å². The van der Waals surface area contributed by atoms with Crippen molar-refractivity contribution in [2.75, 3.05) is 33.4 Å². The van der Waals surface area contributed by atoms with Gasteiger partial charge in [-0.05, 0) is 26.2 Å². The number of aromatic nitrogens is 2. The van der Waals surface area contributed by atoms with Crippen molar-refractivity contribution in [2.24, 2.45) is 0 Å². The first-order valence-corrected chi connectivity index (χ1v) is 9.11. The minimum absolute atomic E-state index is 0.0684. The number of ether oxygens (including phenoxy) is 2. The third kappa shape index (κ3) is 4.28. The monoisotopic (exact) mass is 368 g/mol. The third-order valence-corrected chi connectivity index (χ3v) is 5.44. The Labute approximate surface area is 153 Å². The van der Waals surface area contributed by atoms with Gasteiger partial charge in [0.15, 0.2) is 0 Å². The van der Waals surface area contributed by atoms with E-state index in [4.69, 9.17) is 21.1 Å². The Bertz CT molecular complexity index is 608. The summed E-state index contributed by atoms with van der Waals surface area (Å²) >= 11 is 6.00. The first-order chi connectivity index (χ1) is 12.1. The zero-order valence-electron chi connectivity index (χ0n) is 14.7. The second kappa shape index (κ2) is 8.40. The van der Waals surface area contributed by atoms with Gasteiger partial charge in [0, 0.05) is 44.5 Å². The van der Waals surface area contributed by atoms with Crippen LogP contribution < -0.4 is 5.32 Å². The Morgan fingerprint density at radius 3 is 2.84 bits per heavy atom. The van der Waals surface area contributed by atoms with Gasteiger partial charge in [0.1, 0.15) is 17.2 Å². The number of nitrogens with zero attached hydrogens (tertiary/aromatic N) is 3. The van der Waals surface area contributed by atoms with Gasteiger partial charge in [-0.15, -0.1) is 0 Å². The Kier molecular flexibility index (Phi) is 6.22. The fraction of sp³-hybridized carbons (Fsp3) is 0.706. The largest absolute Gasteiger partial charge is 0.379 e. The maximum atomic E-state index is 12.7.